The van der Waals surface area contributed by atoms with Crippen LogP contribution in [0.15, 0.2) is 46.9 Å². The van der Waals surface area contributed by atoms with Crippen LogP contribution in [0, 0.1) is 0 Å². The van der Waals surface area contributed by atoms with Crippen molar-refractivity contribution in [3.63, 3.8) is 0 Å². The van der Waals surface area contributed by atoms with Gasteiger partial charge in [0.25, 0.3) is 0 Å². The molecule has 0 saturated carbocycles. The molecule has 0 bridgehead atoms. The first-order chi connectivity index (χ1) is 11.7. The van der Waals surface area contributed by atoms with Gasteiger partial charge in [-0.2, -0.15) is 0 Å². The van der Waals surface area contributed by atoms with Crippen molar-refractivity contribution in [1.82, 2.24) is 19.7 Å². The summed E-state index contributed by atoms with van der Waals surface area (Å²) in [5, 5.41) is 13.3. The summed E-state index contributed by atoms with van der Waals surface area (Å²) < 4.78 is 3.33. The second-order valence-corrected chi connectivity index (χ2v) is 9.02. The molecule has 0 spiro atoms. The molecule has 0 aliphatic rings. The van der Waals surface area contributed by atoms with E-state index in [1.807, 2.05) is 19.2 Å². The second kappa shape index (κ2) is 6.66. The first kappa shape index (κ1) is 15.8. The molecule has 24 heavy (non-hydrogen) atoms. The van der Waals surface area contributed by atoms with E-state index < -0.39 is 0 Å². The Labute approximate surface area is 152 Å². The Morgan fingerprint density at radius 2 is 2.04 bits per heavy atom. The van der Waals surface area contributed by atoms with Crippen LogP contribution in [0.25, 0.3) is 20.9 Å². The maximum absolute atomic E-state index is 4.73. The second-order valence-electron chi connectivity index (χ2n) is 5.55. The van der Waals surface area contributed by atoms with Gasteiger partial charge >= 0.3 is 0 Å². The number of para-hydroxylation sites is 1. The van der Waals surface area contributed by atoms with Gasteiger partial charge in [0.2, 0.25) is 0 Å². The molecular weight excluding hydrogens is 356 g/mol. The highest BCUT2D eigenvalue weighted by molar-refractivity contribution is 7.99. The molecule has 4 rings (SSSR count). The van der Waals surface area contributed by atoms with Crippen molar-refractivity contribution in [2.24, 2.45) is 7.05 Å². The Hall–Kier alpha value is -1.70. The lowest BCUT2D eigenvalue weighted by molar-refractivity contribution is 0.786. The summed E-state index contributed by atoms with van der Waals surface area (Å²) in [7, 11) is 2.03. The summed E-state index contributed by atoms with van der Waals surface area (Å²) in [6.45, 7) is 2.22. The van der Waals surface area contributed by atoms with Gasteiger partial charge in [0.15, 0.2) is 11.0 Å². The summed E-state index contributed by atoms with van der Waals surface area (Å²) >= 11 is 5.22. The van der Waals surface area contributed by atoms with Gasteiger partial charge in [-0.15, -0.1) is 32.9 Å². The van der Waals surface area contributed by atoms with Gasteiger partial charge in [0.05, 0.1) is 20.1 Å². The Balaban J connectivity index is 1.49. The van der Waals surface area contributed by atoms with Gasteiger partial charge in [0.1, 0.15) is 0 Å². The lowest BCUT2D eigenvalue weighted by Crippen LogP contribution is -2.03. The molecule has 1 atom stereocenters. The monoisotopic (exact) mass is 372 g/mol. The van der Waals surface area contributed by atoms with Crippen LogP contribution in [-0.4, -0.2) is 25.0 Å². The van der Waals surface area contributed by atoms with E-state index in [9.17, 15) is 0 Å². The number of nitrogens with zero attached hydrogens (tertiary/aromatic N) is 4. The molecule has 0 aliphatic carbocycles. The number of hydrogen-bond donors (Lipinski definition) is 0. The molecule has 1 aromatic carbocycles. The predicted molar refractivity (Wildman–Crippen MR) is 103 cm³/mol. The van der Waals surface area contributed by atoms with E-state index in [0.717, 1.165) is 27.8 Å². The number of benzene rings is 1. The topological polar surface area (TPSA) is 43.6 Å². The van der Waals surface area contributed by atoms with Crippen molar-refractivity contribution in [2.75, 3.05) is 0 Å². The molecule has 4 nitrogen and oxygen atoms in total. The average molecular weight is 373 g/mol. The largest absolute Gasteiger partial charge is 0.304 e. The first-order valence-electron chi connectivity index (χ1n) is 7.65. The molecule has 122 valence electrons. The van der Waals surface area contributed by atoms with Gasteiger partial charge in [-0.25, -0.2) is 4.98 Å². The van der Waals surface area contributed by atoms with Crippen molar-refractivity contribution in [1.29, 1.82) is 0 Å². The van der Waals surface area contributed by atoms with E-state index in [-0.39, 0.29) is 0 Å². The highest BCUT2D eigenvalue weighted by Gasteiger charge is 2.16. The van der Waals surface area contributed by atoms with E-state index >= 15 is 0 Å². The van der Waals surface area contributed by atoms with Crippen molar-refractivity contribution in [2.45, 2.75) is 23.8 Å². The Bertz CT molecular complexity index is 922. The van der Waals surface area contributed by atoms with Gasteiger partial charge < -0.3 is 4.57 Å². The third kappa shape index (κ3) is 3.11. The molecule has 3 heterocycles. The van der Waals surface area contributed by atoms with E-state index in [2.05, 4.69) is 51.3 Å². The zero-order valence-electron chi connectivity index (χ0n) is 13.3. The zero-order valence-corrected chi connectivity index (χ0v) is 15.8. The molecule has 0 fully saturated rings. The molecular formula is C17H16N4S3. The van der Waals surface area contributed by atoms with Gasteiger partial charge in [-0.3, -0.25) is 0 Å². The molecule has 0 saturated heterocycles. The van der Waals surface area contributed by atoms with Crippen LogP contribution >= 0.6 is 34.4 Å². The quantitative estimate of drug-likeness (QED) is 0.469. The summed E-state index contributed by atoms with van der Waals surface area (Å²) in [5.74, 6) is 0.930. The minimum absolute atomic E-state index is 0.393. The van der Waals surface area contributed by atoms with Crippen LogP contribution in [0.2, 0.25) is 0 Å². The van der Waals surface area contributed by atoms with Crippen LogP contribution in [-0.2, 0) is 13.5 Å². The number of fused-ring (bicyclic) bond motifs is 1. The predicted octanol–water partition coefficient (Wildman–Crippen LogP) is 4.88. The first-order valence-corrected chi connectivity index (χ1v) is 10.2. The van der Waals surface area contributed by atoms with Crippen molar-refractivity contribution in [3.05, 3.63) is 46.8 Å². The molecule has 0 unspecified atom stereocenters. The number of thiophene rings is 1. The van der Waals surface area contributed by atoms with Crippen molar-refractivity contribution >= 4 is 44.7 Å². The summed E-state index contributed by atoms with van der Waals surface area (Å²) in [6.07, 6.45) is 0.936. The van der Waals surface area contributed by atoms with Crippen LogP contribution in [0.1, 0.15) is 11.9 Å². The molecule has 0 N–H and O–H groups in total. The van der Waals surface area contributed by atoms with Crippen molar-refractivity contribution in [3.8, 4) is 10.7 Å². The summed E-state index contributed by atoms with van der Waals surface area (Å²) in [6, 6.07) is 12.4. The van der Waals surface area contributed by atoms with E-state index in [4.69, 9.17) is 4.98 Å². The maximum Gasteiger partial charge on any atom is 0.191 e. The number of aromatic nitrogens is 4. The molecule has 7 heteroatoms. The molecule has 0 radical (unpaired) electrons. The maximum atomic E-state index is 4.73. The third-order valence-electron chi connectivity index (χ3n) is 3.68. The van der Waals surface area contributed by atoms with Crippen LogP contribution in [0.4, 0.5) is 0 Å². The van der Waals surface area contributed by atoms with Crippen LogP contribution in [0.5, 0.6) is 0 Å². The third-order valence-corrected chi connectivity index (χ3v) is 6.74. The number of rotatable bonds is 5. The minimum atomic E-state index is 0.393. The van der Waals surface area contributed by atoms with Crippen LogP contribution in [0.3, 0.4) is 0 Å². The Morgan fingerprint density at radius 1 is 1.17 bits per heavy atom. The standard InChI is InChI=1S/C17H16N4S3/c1-11(10-15-18-12-6-3-4-7-13(12)24-15)23-17-20-19-16(21(17)2)14-8-5-9-22-14/h3-9,11H,10H2,1-2H3/t11-/m1/s1. The highest BCUT2D eigenvalue weighted by Crippen LogP contribution is 2.30. The van der Waals surface area contributed by atoms with Gasteiger partial charge in [-0.1, -0.05) is 36.9 Å². The Kier molecular flexibility index (Phi) is 4.39. The normalized spacial score (nSPS) is 12.8. The lowest BCUT2D eigenvalue weighted by Gasteiger charge is -2.08. The van der Waals surface area contributed by atoms with E-state index in [1.165, 1.54) is 9.71 Å². The summed E-state index contributed by atoms with van der Waals surface area (Å²) in [5.41, 5.74) is 1.09. The zero-order chi connectivity index (χ0) is 16.5. The van der Waals surface area contributed by atoms with E-state index in [1.54, 1.807) is 34.4 Å². The fraction of sp³-hybridized carbons (Fsp3) is 0.235. The number of hydrogen-bond acceptors (Lipinski definition) is 6. The average Bonchev–Trinajstić information content (AvgIpc) is 3.27. The van der Waals surface area contributed by atoms with Gasteiger partial charge in [-0.05, 0) is 23.6 Å². The van der Waals surface area contributed by atoms with Gasteiger partial charge in [0, 0.05) is 18.7 Å². The highest BCUT2D eigenvalue weighted by atomic mass is 32.2. The smallest absolute Gasteiger partial charge is 0.191 e. The number of thioether (sulfide) groups is 1. The fourth-order valence-corrected chi connectivity index (χ4v) is 5.39. The number of thiazole rings is 1. The van der Waals surface area contributed by atoms with E-state index in [0.29, 0.717) is 5.25 Å². The van der Waals surface area contributed by atoms with Crippen molar-refractivity contribution < 1.29 is 0 Å². The molecule has 3 aromatic heterocycles. The lowest BCUT2D eigenvalue weighted by atomic mass is 10.3. The molecule has 4 aromatic rings. The Morgan fingerprint density at radius 3 is 2.83 bits per heavy atom. The van der Waals surface area contributed by atoms with Crippen LogP contribution < -0.4 is 0 Å². The molecule has 0 aliphatic heterocycles. The SMILES string of the molecule is C[C@H](Cc1nc2ccccc2s1)Sc1nnc(-c2cccs2)n1C. The molecule has 0 amide bonds. The fourth-order valence-electron chi connectivity index (χ4n) is 2.51. The summed E-state index contributed by atoms with van der Waals surface area (Å²) in [4.78, 5) is 5.88. The minimum Gasteiger partial charge on any atom is -0.304 e.